The smallest absolute Gasteiger partial charge is 0.255 e. The first-order chi connectivity index (χ1) is 17.7. The SMILES string of the molecule is COCCCCOc1ccccc1C(=O)NC[C@@H](C[C@H](N)[C@@H](O)CNS(=O)(=O)c1ccccc1)C(C)C. The van der Waals surface area contributed by atoms with E-state index in [2.05, 4.69) is 10.0 Å². The van der Waals surface area contributed by atoms with Gasteiger partial charge in [-0.3, -0.25) is 4.79 Å². The van der Waals surface area contributed by atoms with Crippen LogP contribution in [0.4, 0.5) is 0 Å². The lowest BCUT2D eigenvalue weighted by molar-refractivity contribution is 0.0928. The summed E-state index contributed by atoms with van der Waals surface area (Å²) < 4.78 is 38.1. The van der Waals surface area contributed by atoms with Crippen LogP contribution in [0.25, 0.3) is 0 Å². The van der Waals surface area contributed by atoms with Crippen LogP contribution in [0.5, 0.6) is 5.75 Å². The Morgan fingerprint density at radius 2 is 1.65 bits per heavy atom. The summed E-state index contributed by atoms with van der Waals surface area (Å²) in [4.78, 5) is 13.0. The van der Waals surface area contributed by atoms with E-state index in [-0.39, 0.29) is 29.2 Å². The zero-order chi connectivity index (χ0) is 27.3. The van der Waals surface area contributed by atoms with E-state index in [0.29, 0.717) is 37.5 Å². The topological polar surface area (TPSA) is 140 Å². The van der Waals surface area contributed by atoms with Crippen molar-refractivity contribution in [2.45, 2.75) is 50.2 Å². The summed E-state index contributed by atoms with van der Waals surface area (Å²) in [5.74, 6) is 0.424. The first kappa shape index (κ1) is 30.7. The van der Waals surface area contributed by atoms with E-state index in [1.807, 2.05) is 19.9 Å². The molecule has 0 heterocycles. The number of methoxy groups -OCH3 is 1. The molecule has 0 aliphatic carbocycles. The molecule has 2 rings (SSSR count). The molecular weight excluding hydrogens is 494 g/mol. The third-order valence-electron chi connectivity index (χ3n) is 6.20. The molecule has 2 aromatic carbocycles. The Balaban J connectivity index is 1.89. The van der Waals surface area contributed by atoms with Gasteiger partial charge in [0.1, 0.15) is 5.75 Å². The van der Waals surface area contributed by atoms with Crippen LogP contribution >= 0.6 is 0 Å². The van der Waals surface area contributed by atoms with Crippen LogP contribution in [0.3, 0.4) is 0 Å². The van der Waals surface area contributed by atoms with Gasteiger partial charge in [-0.25, -0.2) is 13.1 Å². The number of amides is 1. The number of unbranched alkanes of at least 4 members (excludes halogenated alkanes) is 1. The van der Waals surface area contributed by atoms with E-state index in [1.165, 1.54) is 12.1 Å². The van der Waals surface area contributed by atoms with Crippen molar-refractivity contribution in [3.63, 3.8) is 0 Å². The van der Waals surface area contributed by atoms with Crippen LogP contribution in [-0.2, 0) is 14.8 Å². The van der Waals surface area contributed by atoms with Crippen molar-refractivity contribution in [3.8, 4) is 5.75 Å². The summed E-state index contributed by atoms with van der Waals surface area (Å²) >= 11 is 0. The lowest BCUT2D eigenvalue weighted by Gasteiger charge is -2.27. The van der Waals surface area contributed by atoms with Gasteiger partial charge in [-0.15, -0.1) is 0 Å². The molecular formula is C27H41N3O6S. The van der Waals surface area contributed by atoms with Crippen LogP contribution in [0, 0.1) is 11.8 Å². The van der Waals surface area contributed by atoms with Gasteiger partial charge in [-0.1, -0.05) is 44.2 Å². The van der Waals surface area contributed by atoms with Gasteiger partial charge in [0.25, 0.3) is 5.91 Å². The van der Waals surface area contributed by atoms with E-state index >= 15 is 0 Å². The zero-order valence-electron chi connectivity index (χ0n) is 21.9. The highest BCUT2D eigenvalue weighted by Crippen LogP contribution is 2.21. The number of sulfonamides is 1. The van der Waals surface area contributed by atoms with Gasteiger partial charge in [-0.05, 0) is 55.4 Å². The van der Waals surface area contributed by atoms with Gasteiger partial charge in [-0.2, -0.15) is 0 Å². The van der Waals surface area contributed by atoms with Gasteiger partial charge < -0.3 is 25.6 Å². The lowest BCUT2D eigenvalue weighted by atomic mass is 9.87. The maximum Gasteiger partial charge on any atom is 0.255 e. The number of carbonyl (C=O) groups excluding carboxylic acids is 1. The monoisotopic (exact) mass is 535 g/mol. The number of rotatable bonds is 17. The van der Waals surface area contributed by atoms with E-state index in [9.17, 15) is 18.3 Å². The molecule has 0 saturated heterocycles. The van der Waals surface area contributed by atoms with Gasteiger partial charge in [0, 0.05) is 32.8 Å². The molecule has 10 heteroatoms. The predicted molar refractivity (Wildman–Crippen MR) is 144 cm³/mol. The summed E-state index contributed by atoms with van der Waals surface area (Å²) in [5, 5.41) is 13.5. The average Bonchev–Trinajstić information content (AvgIpc) is 2.89. The molecule has 0 unspecified atom stereocenters. The van der Waals surface area contributed by atoms with Crippen molar-refractivity contribution in [3.05, 3.63) is 60.2 Å². The second-order valence-electron chi connectivity index (χ2n) is 9.39. The Labute approximate surface area is 220 Å². The first-order valence-electron chi connectivity index (χ1n) is 12.6. The molecule has 3 atom stereocenters. The fourth-order valence-electron chi connectivity index (χ4n) is 3.76. The Kier molecular flexibility index (Phi) is 13.0. The number of aliphatic hydroxyl groups excluding tert-OH is 1. The number of benzene rings is 2. The van der Waals surface area contributed by atoms with Crippen LogP contribution in [0.15, 0.2) is 59.5 Å². The molecule has 0 aromatic heterocycles. The maximum absolute atomic E-state index is 12.9. The lowest BCUT2D eigenvalue weighted by Crippen LogP contribution is -2.46. The van der Waals surface area contributed by atoms with Crippen molar-refractivity contribution in [2.75, 3.05) is 33.4 Å². The highest BCUT2D eigenvalue weighted by atomic mass is 32.2. The molecule has 0 aliphatic rings. The minimum Gasteiger partial charge on any atom is -0.493 e. The molecule has 0 fully saturated rings. The number of nitrogens with two attached hydrogens (primary N) is 1. The van der Waals surface area contributed by atoms with Crippen LogP contribution < -0.4 is 20.5 Å². The maximum atomic E-state index is 12.9. The Morgan fingerprint density at radius 3 is 2.32 bits per heavy atom. The average molecular weight is 536 g/mol. The second kappa shape index (κ2) is 15.7. The standard InChI is InChI=1S/C27H41N3O6S/c1-20(2)21(17-24(28)25(31)19-30-37(33,34)22-11-5-4-6-12-22)18-29-27(32)23-13-7-8-14-26(23)36-16-10-9-15-35-3/h4-8,11-14,20-21,24-25,30-31H,9-10,15-19,28H2,1-3H3,(H,29,32)/t21-,24+,25+/m1/s1. The molecule has 5 N–H and O–H groups in total. The van der Waals surface area contributed by atoms with Crippen molar-refractivity contribution < 1.29 is 27.8 Å². The fourth-order valence-corrected chi connectivity index (χ4v) is 4.83. The fraction of sp³-hybridized carbons (Fsp3) is 0.519. The van der Waals surface area contributed by atoms with Crippen LogP contribution in [-0.4, -0.2) is 65.0 Å². The van der Waals surface area contributed by atoms with E-state index in [4.69, 9.17) is 15.2 Å². The quantitative estimate of drug-likeness (QED) is 0.228. The summed E-state index contributed by atoms with van der Waals surface area (Å²) in [6, 6.07) is 14.4. The summed E-state index contributed by atoms with van der Waals surface area (Å²) in [7, 11) is -2.08. The first-order valence-corrected chi connectivity index (χ1v) is 14.1. The van der Waals surface area contributed by atoms with Crippen molar-refractivity contribution in [1.29, 1.82) is 0 Å². The van der Waals surface area contributed by atoms with Crippen LogP contribution in [0.2, 0.25) is 0 Å². The third kappa shape index (κ3) is 10.4. The number of aliphatic hydroxyl groups is 1. The van der Waals surface area contributed by atoms with Crippen molar-refractivity contribution in [1.82, 2.24) is 10.0 Å². The molecule has 1 amide bonds. The predicted octanol–water partition coefficient (Wildman–Crippen LogP) is 2.55. The van der Waals surface area contributed by atoms with Crippen molar-refractivity contribution >= 4 is 15.9 Å². The number of nitrogens with one attached hydrogen (secondary N) is 2. The van der Waals surface area contributed by atoms with E-state index in [1.54, 1.807) is 43.5 Å². The summed E-state index contributed by atoms with van der Waals surface area (Å²) in [6.45, 7) is 5.34. The highest BCUT2D eigenvalue weighted by Gasteiger charge is 2.25. The minimum atomic E-state index is -3.74. The molecule has 9 nitrogen and oxygen atoms in total. The van der Waals surface area contributed by atoms with Gasteiger partial charge in [0.05, 0.1) is 23.2 Å². The number of hydrogen-bond acceptors (Lipinski definition) is 7. The number of hydrogen-bond donors (Lipinski definition) is 4. The molecule has 0 radical (unpaired) electrons. The van der Waals surface area contributed by atoms with Crippen molar-refractivity contribution in [2.24, 2.45) is 17.6 Å². The van der Waals surface area contributed by atoms with E-state index < -0.39 is 22.2 Å². The van der Waals surface area contributed by atoms with Gasteiger partial charge >= 0.3 is 0 Å². The Hall–Kier alpha value is -2.50. The van der Waals surface area contributed by atoms with E-state index in [0.717, 1.165) is 12.8 Å². The molecule has 2 aromatic rings. The summed E-state index contributed by atoms with van der Waals surface area (Å²) in [5.41, 5.74) is 6.68. The Morgan fingerprint density at radius 1 is 1.00 bits per heavy atom. The molecule has 0 spiro atoms. The Bertz CT molecular complexity index is 1050. The molecule has 0 saturated carbocycles. The summed E-state index contributed by atoms with van der Waals surface area (Å²) in [6.07, 6.45) is 1.02. The number of carbonyl (C=O) groups is 1. The number of ether oxygens (including phenoxy) is 2. The van der Waals surface area contributed by atoms with Crippen LogP contribution in [0.1, 0.15) is 43.5 Å². The minimum absolute atomic E-state index is 0.0264. The zero-order valence-corrected chi connectivity index (χ0v) is 22.7. The second-order valence-corrected chi connectivity index (χ2v) is 11.2. The third-order valence-corrected chi connectivity index (χ3v) is 7.64. The van der Waals surface area contributed by atoms with Gasteiger partial charge in [0.15, 0.2) is 0 Å². The normalized spacial score (nSPS) is 14.2. The highest BCUT2D eigenvalue weighted by molar-refractivity contribution is 7.89. The molecule has 206 valence electrons. The number of para-hydroxylation sites is 1. The molecule has 0 aliphatic heterocycles. The molecule has 37 heavy (non-hydrogen) atoms. The van der Waals surface area contributed by atoms with Gasteiger partial charge in [0.2, 0.25) is 10.0 Å². The molecule has 0 bridgehead atoms. The largest absolute Gasteiger partial charge is 0.493 e.